The van der Waals surface area contributed by atoms with Crippen LogP contribution in [0.1, 0.15) is 20.8 Å². The first kappa shape index (κ1) is 25.9. The second-order valence-electron chi connectivity index (χ2n) is 9.06. The number of anilines is 1. The first-order valence-electron chi connectivity index (χ1n) is 12.5. The first-order chi connectivity index (χ1) is 19.0. The van der Waals surface area contributed by atoms with Crippen LogP contribution in [0.5, 0.6) is 5.75 Å². The first-order valence-corrected chi connectivity index (χ1v) is 13.4. The number of thiophene rings is 1. The SMILES string of the molecule is COc1ccc(-c2cn(-c3ccc(C)cc3)c(NC(=O)CN(Cc3ccccc3)C(=O)c3cccs3)n2)cc1. The smallest absolute Gasteiger partial charge is 0.264 e. The third kappa shape index (κ3) is 6.25. The molecule has 0 fully saturated rings. The summed E-state index contributed by atoms with van der Waals surface area (Å²) < 4.78 is 7.13. The number of imidazole rings is 1. The largest absolute Gasteiger partial charge is 0.497 e. The van der Waals surface area contributed by atoms with Gasteiger partial charge in [-0.2, -0.15) is 0 Å². The Hall–Kier alpha value is -4.69. The van der Waals surface area contributed by atoms with Gasteiger partial charge in [-0.1, -0.05) is 54.1 Å². The summed E-state index contributed by atoms with van der Waals surface area (Å²) in [7, 11) is 1.62. The van der Waals surface area contributed by atoms with E-state index in [1.54, 1.807) is 18.1 Å². The van der Waals surface area contributed by atoms with Crippen molar-refractivity contribution in [2.75, 3.05) is 19.0 Å². The average Bonchev–Trinajstić information content (AvgIpc) is 3.64. The predicted molar refractivity (Wildman–Crippen MR) is 154 cm³/mol. The van der Waals surface area contributed by atoms with E-state index in [0.29, 0.717) is 23.1 Å². The number of nitrogens with one attached hydrogen (secondary N) is 1. The molecule has 0 bridgehead atoms. The third-order valence-corrected chi connectivity index (χ3v) is 7.08. The van der Waals surface area contributed by atoms with Crippen molar-refractivity contribution < 1.29 is 14.3 Å². The highest BCUT2D eigenvalue weighted by molar-refractivity contribution is 7.12. The van der Waals surface area contributed by atoms with Crippen LogP contribution in [-0.2, 0) is 11.3 Å². The van der Waals surface area contributed by atoms with Crippen molar-refractivity contribution in [3.05, 3.63) is 119 Å². The molecule has 0 saturated heterocycles. The molecule has 39 heavy (non-hydrogen) atoms. The predicted octanol–water partition coefficient (Wildman–Crippen LogP) is 6.20. The van der Waals surface area contributed by atoms with Crippen molar-refractivity contribution in [3.63, 3.8) is 0 Å². The summed E-state index contributed by atoms with van der Waals surface area (Å²) in [6.07, 6.45) is 1.89. The number of carbonyl (C=O) groups is 2. The maximum absolute atomic E-state index is 13.4. The molecule has 7 nitrogen and oxygen atoms in total. The summed E-state index contributed by atoms with van der Waals surface area (Å²) in [5.74, 6) is 0.595. The van der Waals surface area contributed by atoms with Gasteiger partial charge in [-0.25, -0.2) is 4.98 Å². The number of ether oxygens (including phenoxy) is 1. The van der Waals surface area contributed by atoms with E-state index < -0.39 is 0 Å². The van der Waals surface area contributed by atoms with Crippen LogP contribution in [0.3, 0.4) is 0 Å². The fourth-order valence-electron chi connectivity index (χ4n) is 4.17. The van der Waals surface area contributed by atoms with Gasteiger partial charge in [0.1, 0.15) is 12.3 Å². The van der Waals surface area contributed by atoms with Crippen LogP contribution in [0.4, 0.5) is 5.95 Å². The molecular weight excluding hydrogens is 508 g/mol. The second kappa shape index (κ2) is 11.8. The molecule has 196 valence electrons. The highest BCUT2D eigenvalue weighted by atomic mass is 32.1. The number of benzene rings is 3. The van der Waals surface area contributed by atoms with Gasteiger partial charge in [0, 0.05) is 24.0 Å². The maximum Gasteiger partial charge on any atom is 0.264 e. The minimum absolute atomic E-state index is 0.121. The molecule has 0 radical (unpaired) electrons. The van der Waals surface area contributed by atoms with Crippen LogP contribution < -0.4 is 10.1 Å². The summed E-state index contributed by atoms with van der Waals surface area (Å²) in [6.45, 7) is 2.22. The Balaban J connectivity index is 1.43. The Morgan fingerprint density at radius 1 is 0.949 bits per heavy atom. The van der Waals surface area contributed by atoms with Crippen LogP contribution in [-0.4, -0.2) is 39.9 Å². The minimum Gasteiger partial charge on any atom is -0.497 e. The lowest BCUT2D eigenvalue weighted by Crippen LogP contribution is -2.37. The summed E-state index contributed by atoms with van der Waals surface area (Å²) in [4.78, 5) is 33.6. The van der Waals surface area contributed by atoms with Crippen molar-refractivity contribution in [1.29, 1.82) is 0 Å². The van der Waals surface area contributed by atoms with E-state index in [4.69, 9.17) is 9.72 Å². The molecule has 0 saturated carbocycles. The highest BCUT2D eigenvalue weighted by Gasteiger charge is 2.22. The summed E-state index contributed by atoms with van der Waals surface area (Å²) in [6, 6.07) is 28.8. The number of aromatic nitrogens is 2. The highest BCUT2D eigenvalue weighted by Crippen LogP contribution is 2.26. The lowest BCUT2D eigenvalue weighted by molar-refractivity contribution is -0.117. The molecule has 0 unspecified atom stereocenters. The standard InChI is InChI=1S/C31H28N4O3S/c1-22-10-14-25(15-11-22)35-20-27(24-12-16-26(38-2)17-13-24)32-31(35)33-29(36)21-34(19-23-7-4-3-5-8-23)30(37)28-9-6-18-39-28/h3-18,20H,19,21H2,1-2H3,(H,32,33,36). The molecule has 5 aromatic rings. The fourth-order valence-corrected chi connectivity index (χ4v) is 4.86. The molecule has 3 aromatic carbocycles. The molecule has 5 rings (SSSR count). The van der Waals surface area contributed by atoms with Crippen molar-refractivity contribution >= 4 is 29.1 Å². The molecule has 0 atom stereocenters. The topological polar surface area (TPSA) is 76.5 Å². The summed E-state index contributed by atoms with van der Waals surface area (Å²) in [5.41, 5.74) is 4.51. The molecule has 1 N–H and O–H groups in total. The van der Waals surface area contributed by atoms with Gasteiger partial charge < -0.3 is 9.64 Å². The van der Waals surface area contributed by atoms with Crippen molar-refractivity contribution in [2.45, 2.75) is 13.5 Å². The number of carbonyl (C=O) groups excluding carboxylic acids is 2. The Kier molecular flexibility index (Phi) is 7.84. The van der Waals surface area contributed by atoms with E-state index in [1.165, 1.54) is 11.3 Å². The number of hydrogen-bond acceptors (Lipinski definition) is 5. The normalized spacial score (nSPS) is 10.7. The van der Waals surface area contributed by atoms with Gasteiger partial charge in [0.25, 0.3) is 5.91 Å². The molecule has 0 aliphatic carbocycles. The number of rotatable bonds is 9. The van der Waals surface area contributed by atoms with Gasteiger partial charge in [0.15, 0.2) is 0 Å². The van der Waals surface area contributed by atoms with E-state index in [-0.39, 0.29) is 18.4 Å². The van der Waals surface area contributed by atoms with E-state index in [2.05, 4.69) is 5.32 Å². The Morgan fingerprint density at radius 3 is 2.36 bits per heavy atom. The number of nitrogens with zero attached hydrogens (tertiary/aromatic N) is 3. The fraction of sp³-hybridized carbons (Fsp3) is 0.129. The minimum atomic E-state index is -0.337. The van der Waals surface area contributed by atoms with Gasteiger partial charge in [-0.3, -0.25) is 19.5 Å². The molecule has 8 heteroatoms. The molecule has 0 aliphatic rings. The van der Waals surface area contributed by atoms with E-state index in [0.717, 1.165) is 28.1 Å². The van der Waals surface area contributed by atoms with Crippen LogP contribution >= 0.6 is 11.3 Å². The van der Waals surface area contributed by atoms with Gasteiger partial charge in [-0.05, 0) is 60.3 Å². The average molecular weight is 537 g/mol. The number of amides is 2. The Bertz CT molecular complexity index is 1540. The molecule has 2 amide bonds. The zero-order chi connectivity index (χ0) is 27.2. The Morgan fingerprint density at radius 2 is 1.69 bits per heavy atom. The summed E-state index contributed by atoms with van der Waals surface area (Å²) >= 11 is 1.36. The molecule has 0 aliphatic heterocycles. The molecule has 2 heterocycles. The van der Waals surface area contributed by atoms with Gasteiger partial charge in [-0.15, -0.1) is 11.3 Å². The quantitative estimate of drug-likeness (QED) is 0.243. The lowest BCUT2D eigenvalue weighted by atomic mass is 10.1. The van der Waals surface area contributed by atoms with Crippen molar-refractivity contribution in [3.8, 4) is 22.7 Å². The molecule has 2 aromatic heterocycles. The van der Waals surface area contributed by atoms with Crippen LogP contribution in [0.25, 0.3) is 16.9 Å². The Labute approximate surface area is 231 Å². The lowest BCUT2D eigenvalue weighted by Gasteiger charge is -2.22. The second-order valence-corrected chi connectivity index (χ2v) is 10.0. The van der Waals surface area contributed by atoms with Crippen LogP contribution in [0, 0.1) is 6.92 Å². The van der Waals surface area contributed by atoms with Gasteiger partial charge >= 0.3 is 0 Å². The monoisotopic (exact) mass is 536 g/mol. The van der Waals surface area contributed by atoms with E-state index in [9.17, 15) is 9.59 Å². The van der Waals surface area contributed by atoms with E-state index >= 15 is 0 Å². The number of aryl methyl sites for hydroxylation is 1. The number of hydrogen-bond donors (Lipinski definition) is 1. The summed E-state index contributed by atoms with van der Waals surface area (Å²) in [5, 5.41) is 4.80. The van der Waals surface area contributed by atoms with Crippen LogP contribution in [0.15, 0.2) is 103 Å². The van der Waals surface area contributed by atoms with Gasteiger partial charge in [0.2, 0.25) is 11.9 Å². The van der Waals surface area contributed by atoms with Crippen molar-refractivity contribution in [1.82, 2.24) is 14.5 Å². The van der Waals surface area contributed by atoms with E-state index in [1.807, 2.05) is 108 Å². The zero-order valence-electron chi connectivity index (χ0n) is 21.7. The molecular formula is C31H28N4O3S. The third-order valence-electron chi connectivity index (χ3n) is 6.22. The van der Waals surface area contributed by atoms with Crippen LogP contribution in [0.2, 0.25) is 0 Å². The number of methoxy groups -OCH3 is 1. The molecule has 0 spiro atoms. The maximum atomic E-state index is 13.4. The zero-order valence-corrected chi connectivity index (χ0v) is 22.5. The van der Waals surface area contributed by atoms with Gasteiger partial charge in [0.05, 0.1) is 17.7 Å². The van der Waals surface area contributed by atoms with Crippen molar-refractivity contribution in [2.24, 2.45) is 0 Å².